The summed E-state index contributed by atoms with van der Waals surface area (Å²) in [6.07, 6.45) is -2.47. The first-order valence-corrected chi connectivity index (χ1v) is 10.2. The number of likely N-dealkylation sites (N-methyl/N-ethyl adjacent to an activating group) is 1. The summed E-state index contributed by atoms with van der Waals surface area (Å²) in [6, 6.07) is 11.8. The number of likely N-dealkylation sites (tertiary alicyclic amines) is 1. The third kappa shape index (κ3) is 6.21. The minimum atomic E-state index is -4.32. The molecule has 1 fully saturated rings. The van der Waals surface area contributed by atoms with Crippen molar-refractivity contribution in [2.75, 3.05) is 38.1 Å². The molecular formula is C23H27F3N2O3. The van der Waals surface area contributed by atoms with E-state index in [-0.39, 0.29) is 5.56 Å². The molecule has 168 valence electrons. The summed E-state index contributed by atoms with van der Waals surface area (Å²) < 4.78 is 38.0. The molecule has 0 atom stereocenters. The lowest BCUT2D eigenvalue weighted by Gasteiger charge is -2.40. The van der Waals surface area contributed by atoms with Gasteiger partial charge in [-0.15, -0.1) is 0 Å². The molecule has 1 heterocycles. The lowest BCUT2D eigenvalue weighted by molar-refractivity contribution is -0.137. The minimum absolute atomic E-state index is 0.220. The minimum Gasteiger partial charge on any atom is -0.478 e. The molecule has 2 aromatic carbocycles. The van der Waals surface area contributed by atoms with Gasteiger partial charge in [-0.25, -0.2) is 4.79 Å². The Bertz CT molecular complexity index is 874. The standard InChI is InChI=1S/C23H27F3N2O3/c1-27(20-8-4-18(5-9-20)21(29)30)16-22(31)11-14-28(15-12-22)13-10-17-2-6-19(7-3-17)23(24,25)26/h2-9,31H,10-16H2,1H3,(H,29,30). The van der Waals surface area contributed by atoms with E-state index in [4.69, 9.17) is 5.11 Å². The number of hydrogen-bond acceptors (Lipinski definition) is 4. The van der Waals surface area contributed by atoms with Gasteiger partial charge in [0, 0.05) is 38.9 Å². The third-order valence-electron chi connectivity index (χ3n) is 5.87. The number of piperidine rings is 1. The average molecular weight is 436 g/mol. The third-order valence-corrected chi connectivity index (χ3v) is 5.87. The number of carboxylic acid groups (broad SMARTS) is 1. The van der Waals surface area contributed by atoms with Gasteiger partial charge in [-0.3, -0.25) is 0 Å². The van der Waals surface area contributed by atoms with Crippen LogP contribution in [0.15, 0.2) is 48.5 Å². The number of halogens is 3. The normalized spacial score (nSPS) is 16.8. The van der Waals surface area contributed by atoms with Crippen LogP contribution in [0.2, 0.25) is 0 Å². The fourth-order valence-corrected chi connectivity index (χ4v) is 3.89. The van der Waals surface area contributed by atoms with Crippen LogP contribution in [0.5, 0.6) is 0 Å². The fraction of sp³-hybridized carbons (Fsp3) is 0.435. The lowest BCUT2D eigenvalue weighted by Crippen LogP contribution is -2.50. The van der Waals surface area contributed by atoms with E-state index in [0.29, 0.717) is 38.9 Å². The Hall–Kier alpha value is -2.58. The lowest BCUT2D eigenvalue weighted by atomic mass is 9.90. The molecule has 0 bridgehead atoms. The topological polar surface area (TPSA) is 64.0 Å². The maximum Gasteiger partial charge on any atom is 0.416 e. The molecule has 0 amide bonds. The molecule has 0 saturated carbocycles. The van der Waals surface area contributed by atoms with Crippen molar-refractivity contribution in [3.63, 3.8) is 0 Å². The molecule has 3 rings (SSSR count). The molecule has 2 aromatic rings. The van der Waals surface area contributed by atoms with Crippen molar-refractivity contribution in [1.29, 1.82) is 0 Å². The first-order valence-electron chi connectivity index (χ1n) is 10.2. The smallest absolute Gasteiger partial charge is 0.416 e. The van der Waals surface area contributed by atoms with Crippen molar-refractivity contribution in [2.45, 2.75) is 31.0 Å². The van der Waals surface area contributed by atoms with Gasteiger partial charge in [-0.2, -0.15) is 13.2 Å². The number of aliphatic hydroxyl groups is 1. The molecule has 0 spiro atoms. The maximum atomic E-state index is 12.7. The Morgan fingerprint density at radius 2 is 1.65 bits per heavy atom. The summed E-state index contributed by atoms with van der Waals surface area (Å²) in [5.74, 6) is -0.975. The molecular weight excluding hydrogens is 409 g/mol. The highest BCUT2D eigenvalue weighted by molar-refractivity contribution is 5.88. The van der Waals surface area contributed by atoms with Crippen molar-refractivity contribution in [2.24, 2.45) is 0 Å². The summed E-state index contributed by atoms with van der Waals surface area (Å²) in [5.41, 5.74) is 0.435. The molecule has 1 saturated heterocycles. The molecule has 2 N–H and O–H groups in total. The van der Waals surface area contributed by atoms with Gasteiger partial charge >= 0.3 is 12.1 Å². The molecule has 1 aliphatic heterocycles. The van der Waals surface area contributed by atoms with Crippen LogP contribution in [0.3, 0.4) is 0 Å². The Kier molecular flexibility index (Phi) is 6.91. The summed E-state index contributed by atoms with van der Waals surface area (Å²) in [6.45, 7) is 2.59. The van der Waals surface area contributed by atoms with Crippen LogP contribution in [-0.2, 0) is 12.6 Å². The molecule has 0 aliphatic carbocycles. The number of carbonyl (C=O) groups is 1. The molecule has 8 heteroatoms. The zero-order valence-corrected chi connectivity index (χ0v) is 17.4. The Morgan fingerprint density at radius 1 is 1.06 bits per heavy atom. The highest BCUT2D eigenvalue weighted by Crippen LogP contribution is 2.29. The van der Waals surface area contributed by atoms with Gasteiger partial charge in [-0.05, 0) is 61.2 Å². The second-order valence-electron chi connectivity index (χ2n) is 8.22. The predicted molar refractivity (Wildman–Crippen MR) is 112 cm³/mol. The van der Waals surface area contributed by atoms with Gasteiger partial charge in [0.2, 0.25) is 0 Å². The zero-order chi connectivity index (χ0) is 22.6. The van der Waals surface area contributed by atoms with Crippen LogP contribution >= 0.6 is 0 Å². The van der Waals surface area contributed by atoms with E-state index < -0.39 is 23.3 Å². The molecule has 5 nitrogen and oxygen atoms in total. The first-order chi connectivity index (χ1) is 14.6. The largest absolute Gasteiger partial charge is 0.478 e. The van der Waals surface area contributed by atoms with Crippen molar-refractivity contribution in [1.82, 2.24) is 4.90 Å². The Morgan fingerprint density at radius 3 is 2.16 bits per heavy atom. The number of alkyl halides is 3. The molecule has 0 unspecified atom stereocenters. The van der Waals surface area contributed by atoms with E-state index in [9.17, 15) is 23.1 Å². The molecule has 0 radical (unpaired) electrons. The van der Waals surface area contributed by atoms with E-state index >= 15 is 0 Å². The van der Waals surface area contributed by atoms with Crippen molar-refractivity contribution in [3.8, 4) is 0 Å². The van der Waals surface area contributed by atoms with Crippen LogP contribution < -0.4 is 4.90 Å². The van der Waals surface area contributed by atoms with Gasteiger partial charge < -0.3 is 20.0 Å². The zero-order valence-electron chi connectivity index (χ0n) is 17.4. The van der Waals surface area contributed by atoms with Gasteiger partial charge in [0.25, 0.3) is 0 Å². The van der Waals surface area contributed by atoms with E-state index in [1.54, 1.807) is 24.3 Å². The highest BCUT2D eigenvalue weighted by Gasteiger charge is 2.33. The van der Waals surface area contributed by atoms with Gasteiger partial charge in [0.15, 0.2) is 0 Å². The van der Waals surface area contributed by atoms with E-state index in [1.165, 1.54) is 12.1 Å². The number of rotatable bonds is 7. The van der Waals surface area contributed by atoms with Crippen LogP contribution in [0.4, 0.5) is 18.9 Å². The Labute approximate surface area is 179 Å². The number of carboxylic acids is 1. The second-order valence-corrected chi connectivity index (χ2v) is 8.22. The van der Waals surface area contributed by atoms with E-state index in [2.05, 4.69) is 4.90 Å². The maximum absolute atomic E-state index is 12.7. The SMILES string of the molecule is CN(CC1(O)CCN(CCc2ccc(C(F)(F)F)cc2)CC1)c1ccc(C(=O)O)cc1. The van der Waals surface area contributed by atoms with E-state index in [1.807, 2.05) is 11.9 Å². The molecule has 1 aliphatic rings. The summed E-state index contributed by atoms with van der Waals surface area (Å²) in [4.78, 5) is 15.1. The fourth-order valence-electron chi connectivity index (χ4n) is 3.89. The summed E-state index contributed by atoms with van der Waals surface area (Å²) >= 11 is 0. The monoisotopic (exact) mass is 436 g/mol. The number of benzene rings is 2. The van der Waals surface area contributed by atoms with Crippen LogP contribution in [0.25, 0.3) is 0 Å². The van der Waals surface area contributed by atoms with Crippen molar-refractivity contribution in [3.05, 3.63) is 65.2 Å². The van der Waals surface area contributed by atoms with Crippen molar-refractivity contribution < 1.29 is 28.2 Å². The van der Waals surface area contributed by atoms with Gasteiger partial charge in [-0.1, -0.05) is 12.1 Å². The van der Waals surface area contributed by atoms with Gasteiger partial charge in [0.1, 0.15) is 0 Å². The predicted octanol–water partition coefficient (Wildman–Crippen LogP) is 3.91. The Balaban J connectivity index is 1.47. The summed E-state index contributed by atoms with van der Waals surface area (Å²) in [5, 5.41) is 20.0. The van der Waals surface area contributed by atoms with Crippen LogP contribution in [-0.4, -0.2) is 59.9 Å². The highest BCUT2D eigenvalue weighted by atomic mass is 19.4. The second kappa shape index (κ2) is 9.28. The number of aromatic carboxylic acids is 1. The quantitative estimate of drug-likeness (QED) is 0.689. The van der Waals surface area contributed by atoms with E-state index in [0.717, 1.165) is 29.9 Å². The van der Waals surface area contributed by atoms with Crippen LogP contribution in [0, 0.1) is 0 Å². The molecule has 0 aromatic heterocycles. The van der Waals surface area contributed by atoms with Crippen LogP contribution in [0.1, 0.15) is 34.3 Å². The summed E-state index contributed by atoms with van der Waals surface area (Å²) in [7, 11) is 1.87. The number of hydrogen-bond donors (Lipinski definition) is 2. The number of anilines is 1. The first kappa shape index (κ1) is 23.1. The average Bonchev–Trinajstić information content (AvgIpc) is 2.73. The van der Waals surface area contributed by atoms with Gasteiger partial charge in [0.05, 0.1) is 16.7 Å². The van der Waals surface area contributed by atoms with Crippen molar-refractivity contribution >= 4 is 11.7 Å². The number of nitrogens with zero attached hydrogens (tertiary/aromatic N) is 2. The molecule has 31 heavy (non-hydrogen) atoms.